The number of hydrogen-bond acceptors (Lipinski definition) is 4. The summed E-state index contributed by atoms with van der Waals surface area (Å²) >= 11 is 3.43. The van der Waals surface area contributed by atoms with Gasteiger partial charge in [0.2, 0.25) is 0 Å². The Bertz CT molecular complexity index is 600. The smallest absolute Gasteiger partial charge is 0.273 e. The molecule has 1 amide bonds. The predicted octanol–water partition coefficient (Wildman–Crippen LogP) is 1.79. The van der Waals surface area contributed by atoms with Gasteiger partial charge in [0.25, 0.3) is 5.91 Å². The summed E-state index contributed by atoms with van der Waals surface area (Å²) in [6.45, 7) is 2.31. The van der Waals surface area contributed by atoms with Crippen molar-refractivity contribution in [3.05, 3.63) is 40.6 Å². The monoisotopic (exact) mass is 338 g/mol. The summed E-state index contributed by atoms with van der Waals surface area (Å²) in [5, 5.41) is 10.6. The van der Waals surface area contributed by atoms with Gasteiger partial charge >= 0.3 is 0 Å². The van der Waals surface area contributed by atoms with E-state index in [1.54, 1.807) is 18.0 Å². The van der Waals surface area contributed by atoms with Gasteiger partial charge in [-0.2, -0.15) is 0 Å². The quantitative estimate of drug-likeness (QED) is 0.902. The van der Waals surface area contributed by atoms with Gasteiger partial charge in [-0.05, 0) is 35.0 Å². The first-order valence-corrected chi connectivity index (χ1v) is 6.88. The number of rotatable bonds is 5. The Hall–Kier alpha value is -1.73. The van der Waals surface area contributed by atoms with E-state index in [-0.39, 0.29) is 17.6 Å². The second kappa shape index (κ2) is 6.62. The van der Waals surface area contributed by atoms with Crippen molar-refractivity contribution in [1.82, 2.24) is 20.3 Å². The Balaban J connectivity index is 2.13. The van der Waals surface area contributed by atoms with Gasteiger partial charge in [0.1, 0.15) is 0 Å². The summed E-state index contributed by atoms with van der Waals surface area (Å²) < 4.78 is 7.40. The number of carbonyl (C=O) groups is 1. The van der Waals surface area contributed by atoms with Crippen molar-refractivity contribution in [1.29, 1.82) is 0 Å². The van der Waals surface area contributed by atoms with Crippen molar-refractivity contribution in [3.8, 4) is 5.69 Å². The van der Waals surface area contributed by atoms with Crippen LogP contribution in [0.1, 0.15) is 17.4 Å². The van der Waals surface area contributed by atoms with Gasteiger partial charge in [0.05, 0.1) is 18.5 Å². The van der Waals surface area contributed by atoms with Crippen LogP contribution in [0.2, 0.25) is 0 Å². The third-order valence-electron chi connectivity index (χ3n) is 2.62. The zero-order valence-corrected chi connectivity index (χ0v) is 12.8. The fourth-order valence-corrected chi connectivity index (χ4v) is 2.18. The summed E-state index contributed by atoms with van der Waals surface area (Å²) in [5.41, 5.74) is 1.09. The normalized spacial score (nSPS) is 12.2. The van der Waals surface area contributed by atoms with E-state index >= 15 is 0 Å². The van der Waals surface area contributed by atoms with Crippen molar-refractivity contribution in [2.75, 3.05) is 13.7 Å². The molecule has 0 spiro atoms. The molecule has 7 heteroatoms. The third kappa shape index (κ3) is 3.43. The van der Waals surface area contributed by atoms with Gasteiger partial charge in [-0.3, -0.25) is 4.79 Å². The maximum Gasteiger partial charge on any atom is 0.273 e. The number of amides is 1. The summed E-state index contributed by atoms with van der Waals surface area (Å²) in [7, 11) is 1.59. The summed E-state index contributed by atoms with van der Waals surface area (Å²) in [5.74, 6) is -0.271. The van der Waals surface area contributed by atoms with E-state index in [1.807, 2.05) is 31.2 Å². The molecule has 0 radical (unpaired) electrons. The van der Waals surface area contributed by atoms with E-state index in [1.165, 1.54) is 0 Å². The number of nitrogens with one attached hydrogen (secondary N) is 1. The SMILES string of the molecule is COC[C@H](C)NC(=O)c1cn(-c2ccccc2Br)nn1. The van der Waals surface area contributed by atoms with Crippen LogP contribution in [-0.4, -0.2) is 40.7 Å². The molecule has 0 unspecified atom stereocenters. The maximum atomic E-state index is 12.0. The minimum absolute atomic E-state index is 0.0823. The van der Waals surface area contributed by atoms with E-state index in [2.05, 4.69) is 31.6 Å². The van der Waals surface area contributed by atoms with Crippen LogP contribution in [0.4, 0.5) is 0 Å². The number of hydrogen-bond donors (Lipinski definition) is 1. The fourth-order valence-electron chi connectivity index (χ4n) is 1.71. The molecule has 0 bridgehead atoms. The molecule has 6 nitrogen and oxygen atoms in total. The van der Waals surface area contributed by atoms with Crippen LogP contribution in [0, 0.1) is 0 Å². The lowest BCUT2D eigenvalue weighted by molar-refractivity contribution is 0.0900. The number of halogens is 1. The Morgan fingerprint density at radius 1 is 1.50 bits per heavy atom. The van der Waals surface area contributed by atoms with Gasteiger partial charge in [0.15, 0.2) is 5.69 Å². The Morgan fingerprint density at radius 2 is 2.25 bits per heavy atom. The van der Waals surface area contributed by atoms with E-state index in [0.29, 0.717) is 6.61 Å². The zero-order chi connectivity index (χ0) is 14.5. The van der Waals surface area contributed by atoms with Crippen LogP contribution in [0.5, 0.6) is 0 Å². The molecular weight excluding hydrogens is 324 g/mol. The average molecular weight is 339 g/mol. The summed E-state index contributed by atoms with van der Waals surface area (Å²) in [4.78, 5) is 12.0. The molecule has 20 heavy (non-hydrogen) atoms. The number of methoxy groups -OCH3 is 1. The molecular formula is C13H15BrN4O2. The molecule has 2 rings (SSSR count). The molecule has 106 valence electrons. The van der Waals surface area contributed by atoms with Crippen molar-refractivity contribution in [2.45, 2.75) is 13.0 Å². The molecule has 1 atom stereocenters. The highest BCUT2D eigenvalue weighted by atomic mass is 79.9. The van der Waals surface area contributed by atoms with Crippen LogP contribution in [0.3, 0.4) is 0 Å². The number of benzene rings is 1. The van der Waals surface area contributed by atoms with Crippen molar-refractivity contribution in [3.63, 3.8) is 0 Å². The second-order valence-electron chi connectivity index (χ2n) is 4.33. The van der Waals surface area contributed by atoms with Gasteiger partial charge in [-0.25, -0.2) is 4.68 Å². The topological polar surface area (TPSA) is 69.0 Å². The molecule has 0 saturated carbocycles. The first-order chi connectivity index (χ1) is 9.61. The van der Waals surface area contributed by atoms with Crippen LogP contribution in [0.25, 0.3) is 5.69 Å². The highest BCUT2D eigenvalue weighted by Gasteiger charge is 2.14. The third-order valence-corrected chi connectivity index (χ3v) is 3.29. The fraction of sp³-hybridized carbons (Fsp3) is 0.308. The largest absolute Gasteiger partial charge is 0.383 e. The maximum absolute atomic E-state index is 12.0. The lowest BCUT2D eigenvalue weighted by atomic mass is 10.3. The van der Waals surface area contributed by atoms with Crippen molar-refractivity contribution < 1.29 is 9.53 Å². The minimum Gasteiger partial charge on any atom is -0.383 e. The molecule has 0 aliphatic heterocycles. The molecule has 2 aromatic rings. The second-order valence-corrected chi connectivity index (χ2v) is 5.18. The molecule has 0 fully saturated rings. The molecule has 1 heterocycles. The standard InChI is InChI=1S/C13H15BrN4O2/c1-9(8-20-2)15-13(19)11-7-18(17-16-11)12-6-4-3-5-10(12)14/h3-7,9H,8H2,1-2H3,(H,15,19)/t9-/m0/s1. The molecule has 0 aliphatic rings. The van der Waals surface area contributed by atoms with Gasteiger partial charge < -0.3 is 10.1 Å². The lowest BCUT2D eigenvalue weighted by Gasteiger charge is -2.10. The number of carbonyl (C=O) groups excluding carboxylic acids is 1. The van der Waals surface area contributed by atoms with Crippen LogP contribution >= 0.6 is 15.9 Å². The minimum atomic E-state index is -0.271. The van der Waals surface area contributed by atoms with E-state index in [0.717, 1.165) is 10.2 Å². The highest BCUT2D eigenvalue weighted by molar-refractivity contribution is 9.10. The molecule has 1 aromatic carbocycles. The zero-order valence-electron chi connectivity index (χ0n) is 11.2. The Labute approximate surface area is 125 Å². The van der Waals surface area contributed by atoms with E-state index in [9.17, 15) is 4.79 Å². The number of nitrogens with zero attached hydrogens (tertiary/aromatic N) is 3. The molecule has 0 aliphatic carbocycles. The average Bonchev–Trinajstić information content (AvgIpc) is 2.89. The Morgan fingerprint density at radius 3 is 2.95 bits per heavy atom. The van der Waals surface area contributed by atoms with Gasteiger partial charge in [-0.1, -0.05) is 17.3 Å². The predicted molar refractivity (Wildman–Crippen MR) is 77.9 cm³/mol. The van der Waals surface area contributed by atoms with E-state index in [4.69, 9.17) is 4.74 Å². The number of para-hydroxylation sites is 1. The molecule has 1 aromatic heterocycles. The van der Waals surface area contributed by atoms with Crippen molar-refractivity contribution >= 4 is 21.8 Å². The first-order valence-electron chi connectivity index (χ1n) is 6.09. The number of ether oxygens (including phenoxy) is 1. The van der Waals surface area contributed by atoms with E-state index < -0.39 is 0 Å². The lowest BCUT2D eigenvalue weighted by Crippen LogP contribution is -2.35. The van der Waals surface area contributed by atoms with Crippen LogP contribution < -0.4 is 5.32 Å². The Kier molecular flexibility index (Phi) is 4.86. The van der Waals surface area contributed by atoms with Crippen LogP contribution in [-0.2, 0) is 4.74 Å². The highest BCUT2D eigenvalue weighted by Crippen LogP contribution is 2.19. The van der Waals surface area contributed by atoms with Gasteiger partial charge in [-0.15, -0.1) is 5.10 Å². The summed E-state index contributed by atoms with van der Waals surface area (Å²) in [6, 6.07) is 7.50. The van der Waals surface area contributed by atoms with Gasteiger partial charge in [0, 0.05) is 17.6 Å². The van der Waals surface area contributed by atoms with Crippen LogP contribution in [0.15, 0.2) is 34.9 Å². The summed E-state index contributed by atoms with van der Waals surface area (Å²) in [6.07, 6.45) is 1.59. The molecule has 0 saturated heterocycles. The number of aromatic nitrogens is 3. The van der Waals surface area contributed by atoms with Crippen molar-refractivity contribution in [2.24, 2.45) is 0 Å². The molecule has 1 N–H and O–H groups in total. The first kappa shape index (κ1) is 14.7.